The van der Waals surface area contributed by atoms with Crippen LogP contribution in [0, 0.1) is 5.92 Å². The van der Waals surface area contributed by atoms with Crippen LogP contribution < -0.4 is 0 Å². The fourth-order valence-corrected chi connectivity index (χ4v) is 3.11. The molecule has 3 heteroatoms. The third-order valence-electron chi connectivity index (χ3n) is 4.81. The van der Waals surface area contributed by atoms with Crippen LogP contribution in [0.5, 0.6) is 0 Å². The van der Waals surface area contributed by atoms with E-state index in [1.54, 1.807) is 0 Å². The molecule has 2 N–H and O–H groups in total. The van der Waals surface area contributed by atoms with Gasteiger partial charge in [-0.3, -0.25) is 0 Å². The number of unbranched alkanes of at least 4 members (excludes halogenated alkanes) is 10. The number of aliphatic hydroxyl groups is 2. The first-order chi connectivity index (χ1) is 11.7. The van der Waals surface area contributed by atoms with Gasteiger partial charge in [0.05, 0.1) is 13.2 Å². The van der Waals surface area contributed by atoms with Crippen molar-refractivity contribution in [2.45, 2.75) is 110 Å². The first kappa shape index (κ1) is 23.9. The molecule has 0 aliphatic rings. The maximum absolute atomic E-state index is 9.16. The molecule has 0 heterocycles. The van der Waals surface area contributed by atoms with Crippen LogP contribution in [0.25, 0.3) is 0 Å². The zero-order valence-electron chi connectivity index (χ0n) is 16.5. The Morgan fingerprint density at radius 2 is 1.25 bits per heavy atom. The molecular formula is C21H44O3. The van der Waals surface area contributed by atoms with E-state index in [9.17, 15) is 0 Å². The van der Waals surface area contributed by atoms with Crippen LogP contribution in [0.2, 0.25) is 0 Å². The second-order valence-corrected chi connectivity index (χ2v) is 7.48. The quantitative estimate of drug-likeness (QED) is 0.305. The summed E-state index contributed by atoms with van der Waals surface area (Å²) in [5.74, 6) is 0.773. The Bertz CT molecular complexity index is 233. The molecule has 0 aromatic rings. The van der Waals surface area contributed by atoms with Crippen LogP contribution in [0.4, 0.5) is 0 Å². The highest BCUT2D eigenvalue weighted by Crippen LogP contribution is 2.17. The molecule has 24 heavy (non-hydrogen) atoms. The van der Waals surface area contributed by atoms with E-state index in [0.717, 1.165) is 12.3 Å². The molecule has 2 atom stereocenters. The molecule has 3 nitrogen and oxygen atoms in total. The van der Waals surface area contributed by atoms with Crippen molar-refractivity contribution in [1.82, 2.24) is 0 Å². The highest BCUT2D eigenvalue weighted by Gasteiger charge is 2.04. The fourth-order valence-electron chi connectivity index (χ4n) is 3.11. The number of aliphatic hydroxyl groups excluding tert-OH is 2. The van der Waals surface area contributed by atoms with Gasteiger partial charge in [0, 0.05) is 6.61 Å². The Kier molecular flexibility index (Phi) is 19.1. The number of rotatable bonds is 19. The average Bonchev–Trinajstić information content (AvgIpc) is 2.59. The molecule has 0 bridgehead atoms. The molecular weight excluding hydrogens is 300 g/mol. The molecule has 0 aromatic carbocycles. The van der Waals surface area contributed by atoms with E-state index in [2.05, 4.69) is 13.8 Å². The van der Waals surface area contributed by atoms with E-state index in [1.165, 1.54) is 83.5 Å². The summed E-state index contributed by atoms with van der Waals surface area (Å²) in [6.07, 6.45) is 18.4. The minimum Gasteiger partial charge on any atom is -0.394 e. The Labute approximate surface area is 151 Å². The largest absolute Gasteiger partial charge is 0.394 e. The van der Waals surface area contributed by atoms with E-state index in [-0.39, 0.29) is 13.2 Å². The lowest BCUT2D eigenvalue weighted by atomic mass is 9.97. The predicted octanol–water partition coefficient (Wildman–Crippen LogP) is 5.47. The van der Waals surface area contributed by atoms with Crippen LogP contribution in [-0.2, 0) is 4.74 Å². The van der Waals surface area contributed by atoms with Gasteiger partial charge in [-0.05, 0) is 18.8 Å². The zero-order valence-corrected chi connectivity index (χ0v) is 16.5. The van der Waals surface area contributed by atoms with Gasteiger partial charge in [-0.25, -0.2) is 0 Å². The second-order valence-electron chi connectivity index (χ2n) is 7.48. The normalized spacial score (nSPS) is 14.0. The Balaban J connectivity index is 3.16. The highest BCUT2D eigenvalue weighted by molar-refractivity contribution is 4.56. The van der Waals surface area contributed by atoms with E-state index in [0.29, 0.717) is 6.61 Å². The first-order valence-corrected chi connectivity index (χ1v) is 10.6. The summed E-state index contributed by atoms with van der Waals surface area (Å²) in [4.78, 5) is 0. The summed E-state index contributed by atoms with van der Waals surface area (Å²) in [7, 11) is 0. The summed E-state index contributed by atoms with van der Waals surface area (Å²) in [5.41, 5.74) is 0. The third kappa shape index (κ3) is 18.2. The monoisotopic (exact) mass is 344 g/mol. The van der Waals surface area contributed by atoms with Crippen LogP contribution in [0.1, 0.15) is 104 Å². The number of hydrogen-bond acceptors (Lipinski definition) is 3. The maximum Gasteiger partial charge on any atom is 0.100 e. The molecule has 0 aliphatic carbocycles. The van der Waals surface area contributed by atoms with Gasteiger partial charge >= 0.3 is 0 Å². The number of hydrogen-bond donors (Lipinski definition) is 2. The molecule has 0 spiro atoms. The lowest BCUT2D eigenvalue weighted by Crippen LogP contribution is -2.19. The van der Waals surface area contributed by atoms with Gasteiger partial charge in [0.25, 0.3) is 0 Å². The smallest absolute Gasteiger partial charge is 0.100 e. The van der Waals surface area contributed by atoms with Gasteiger partial charge in [-0.1, -0.05) is 90.9 Å². The summed E-state index contributed by atoms with van der Waals surface area (Å²) < 4.78 is 5.34. The van der Waals surface area contributed by atoms with Gasteiger partial charge in [-0.2, -0.15) is 0 Å². The summed E-state index contributed by atoms with van der Waals surface area (Å²) >= 11 is 0. The van der Waals surface area contributed by atoms with Crippen molar-refractivity contribution in [1.29, 1.82) is 0 Å². The van der Waals surface area contributed by atoms with Crippen molar-refractivity contribution >= 4 is 0 Å². The van der Waals surface area contributed by atoms with Crippen molar-refractivity contribution in [3.05, 3.63) is 0 Å². The SMILES string of the molecule is CCCCCCCCCCCCCC(C)CCCOCC(O)CO. The molecule has 0 saturated carbocycles. The molecule has 0 aromatic heterocycles. The lowest BCUT2D eigenvalue weighted by molar-refractivity contribution is 0.00468. The van der Waals surface area contributed by atoms with E-state index >= 15 is 0 Å². The lowest BCUT2D eigenvalue weighted by Gasteiger charge is -2.12. The van der Waals surface area contributed by atoms with Gasteiger partial charge in [0.1, 0.15) is 6.10 Å². The molecule has 2 unspecified atom stereocenters. The molecule has 0 saturated heterocycles. The summed E-state index contributed by atoms with van der Waals surface area (Å²) in [6, 6.07) is 0. The minimum atomic E-state index is -0.723. The van der Waals surface area contributed by atoms with Crippen molar-refractivity contribution in [3.8, 4) is 0 Å². The fraction of sp³-hybridized carbons (Fsp3) is 1.00. The highest BCUT2D eigenvalue weighted by atomic mass is 16.5. The molecule has 0 aliphatic heterocycles. The topological polar surface area (TPSA) is 49.7 Å². The first-order valence-electron chi connectivity index (χ1n) is 10.6. The zero-order chi connectivity index (χ0) is 17.9. The Morgan fingerprint density at radius 3 is 1.79 bits per heavy atom. The Hall–Kier alpha value is -0.120. The van der Waals surface area contributed by atoms with E-state index in [4.69, 9.17) is 14.9 Å². The molecule has 0 radical (unpaired) electrons. The standard InChI is InChI=1S/C21H44O3/c1-3-4-5-6-7-8-9-10-11-12-13-15-20(2)16-14-17-24-19-21(23)18-22/h20-23H,3-19H2,1-2H3. The van der Waals surface area contributed by atoms with Gasteiger partial charge < -0.3 is 14.9 Å². The van der Waals surface area contributed by atoms with Crippen molar-refractivity contribution in [2.75, 3.05) is 19.8 Å². The van der Waals surface area contributed by atoms with E-state index < -0.39 is 6.10 Å². The van der Waals surface area contributed by atoms with Crippen molar-refractivity contribution in [2.24, 2.45) is 5.92 Å². The second kappa shape index (κ2) is 19.2. The molecule has 146 valence electrons. The molecule has 0 fully saturated rings. The van der Waals surface area contributed by atoms with Crippen molar-refractivity contribution < 1.29 is 14.9 Å². The van der Waals surface area contributed by atoms with Crippen LogP contribution in [0.3, 0.4) is 0 Å². The van der Waals surface area contributed by atoms with Gasteiger partial charge in [0.2, 0.25) is 0 Å². The van der Waals surface area contributed by atoms with Crippen LogP contribution in [0.15, 0.2) is 0 Å². The molecule has 0 rings (SSSR count). The maximum atomic E-state index is 9.16. The minimum absolute atomic E-state index is 0.213. The predicted molar refractivity (Wildman–Crippen MR) is 103 cm³/mol. The molecule has 0 amide bonds. The van der Waals surface area contributed by atoms with Crippen LogP contribution in [-0.4, -0.2) is 36.1 Å². The Morgan fingerprint density at radius 1 is 0.750 bits per heavy atom. The van der Waals surface area contributed by atoms with Crippen LogP contribution >= 0.6 is 0 Å². The van der Waals surface area contributed by atoms with E-state index in [1.807, 2.05) is 0 Å². The number of ether oxygens (including phenoxy) is 1. The summed E-state index contributed by atoms with van der Waals surface area (Å²) in [6.45, 7) is 5.34. The van der Waals surface area contributed by atoms with Gasteiger partial charge in [0.15, 0.2) is 0 Å². The third-order valence-corrected chi connectivity index (χ3v) is 4.81. The summed E-state index contributed by atoms with van der Waals surface area (Å²) in [5, 5.41) is 17.8. The van der Waals surface area contributed by atoms with Crippen molar-refractivity contribution in [3.63, 3.8) is 0 Å². The average molecular weight is 345 g/mol. The van der Waals surface area contributed by atoms with Gasteiger partial charge in [-0.15, -0.1) is 0 Å².